The number of ether oxygens (including phenoxy) is 3. The van der Waals surface area contributed by atoms with Crippen LogP contribution in [0.1, 0.15) is 11.1 Å². The standard InChI is InChI=1S/C20H17NO5S/c1-13-2-5-15(6-3-13)24-9-8-21-19(22)18(27-20(21)23)11-14-4-7-16-17(10-14)26-12-25-16/h2-7,10-11H,8-9,12H2,1H3. The fraction of sp³-hybridized carbons (Fsp3) is 0.200. The van der Waals surface area contributed by atoms with Crippen molar-refractivity contribution in [2.75, 3.05) is 19.9 Å². The molecule has 0 aliphatic carbocycles. The number of carbonyl (C=O) groups is 2. The number of carbonyl (C=O) groups excluding carboxylic acids is 2. The number of amides is 2. The van der Waals surface area contributed by atoms with Crippen molar-refractivity contribution in [1.29, 1.82) is 0 Å². The lowest BCUT2D eigenvalue weighted by Gasteiger charge is -2.13. The molecule has 0 atom stereocenters. The van der Waals surface area contributed by atoms with Crippen LogP contribution in [0.3, 0.4) is 0 Å². The Morgan fingerprint density at radius 2 is 1.89 bits per heavy atom. The van der Waals surface area contributed by atoms with Gasteiger partial charge in [-0.05, 0) is 54.6 Å². The van der Waals surface area contributed by atoms with Gasteiger partial charge in [0.1, 0.15) is 12.4 Å². The molecular formula is C20H17NO5S. The summed E-state index contributed by atoms with van der Waals surface area (Å²) < 4.78 is 16.2. The molecule has 0 unspecified atom stereocenters. The van der Waals surface area contributed by atoms with Crippen LogP contribution in [0.4, 0.5) is 4.79 Å². The Labute approximate surface area is 160 Å². The lowest BCUT2D eigenvalue weighted by atomic mass is 10.2. The van der Waals surface area contributed by atoms with E-state index >= 15 is 0 Å². The maximum atomic E-state index is 12.5. The van der Waals surface area contributed by atoms with E-state index in [0.717, 1.165) is 22.9 Å². The van der Waals surface area contributed by atoms with Gasteiger partial charge < -0.3 is 14.2 Å². The van der Waals surface area contributed by atoms with E-state index < -0.39 is 0 Å². The SMILES string of the molecule is Cc1ccc(OCCN2C(=O)SC(=Cc3ccc4c(c3)OCO4)C2=O)cc1. The van der Waals surface area contributed by atoms with E-state index in [1.807, 2.05) is 37.3 Å². The summed E-state index contributed by atoms with van der Waals surface area (Å²) >= 11 is 0.929. The molecule has 0 bridgehead atoms. The Balaban J connectivity index is 1.40. The van der Waals surface area contributed by atoms with E-state index in [1.165, 1.54) is 4.90 Å². The van der Waals surface area contributed by atoms with Crippen LogP contribution >= 0.6 is 11.8 Å². The number of hydrogen-bond donors (Lipinski definition) is 0. The van der Waals surface area contributed by atoms with E-state index in [-0.39, 0.29) is 31.1 Å². The molecular weight excluding hydrogens is 366 g/mol. The van der Waals surface area contributed by atoms with Crippen molar-refractivity contribution in [3.8, 4) is 17.2 Å². The van der Waals surface area contributed by atoms with Crippen LogP contribution in [0.25, 0.3) is 6.08 Å². The molecule has 6 nitrogen and oxygen atoms in total. The maximum Gasteiger partial charge on any atom is 0.293 e. The third kappa shape index (κ3) is 3.78. The van der Waals surface area contributed by atoms with Crippen LogP contribution in [0.2, 0.25) is 0 Å². The van der Waals surface area contributed by atoms with Gasteiger partial charge in [-0.15, -0.1) is 0 Å². The van der Waals surface area contributed by atoms with Gasteiger partial charge in [-0.1, -0.05) is 23.8 Å². The second-order valence-corrected chi connectivity index (χ2v) is 7.10. The van der Waals surface area contributed by atoms with Crippen molar-refractivity contribution in [3.05, 3.63) is 58.5 Å². The molecule has 27 heavy (non-hydrogen) atoms. The molecule has 0 saturated carbocycles. The summed E-state index contributed by atoms with van der Waals surface area (Å²) in [6.07, 6.45) is 1.69. The van der Waals surface area contributed by atoms with Crippen LogP contribution in [0.5, 0.6) is 17.2 Å². The monoisotopic (exact) mass is 383 g/mol. The number of aryl methyl sites for hydroxylation is 1. The molecule has 2 amide bonds. The number of thioether (sulfide) groups is 1. The molecule has 2 heterocycles. The van der Waals surface area contributed by atoms with Gasteiger partial charge >= 0.3 is 0 Å². The van der Waals surface area contributed by atoms with Gasteiger partial charge in [-0.25, -0.2) is 0 Å². The Morgan fingerprint density at radius 3 is 2.70 bits per heavy atom. The normalized spacial score (nSPS) is 17.1. The van der Waals surface area contributed by atoms with Crippen LogP contribution in [0.15, 0.2) is 47.4 Å². The molecule has 0 N–H and O–H groups in total. The first kappa shape index (κ1) is 17.5. The summed E-state index contributed by atoms with van der Waals surface area (Å²) in [5.74, 6) is 1.71. The highest BCUT2D eigenvalue weighted by atomic mass is 32.2. The predicted molar refractivity (Wildman–Crippen MR) is 102 cm³/mol. The van der Waals surface area contributed by atoms with Gasteiger partial charge in [0.05, 0.1) is 11.4 Å². The minimum atomic E-state index is -0.310. The van der Waals surface area contributed by atoms with Crippen molar-refractivity contribution in [3.63, 3.8) is 0 Å². The molecule has 2 aliphatic heterocycles. The zero-order valence-corrected chi connectivity index (χ0v) is 15.5. The third-order valence-corrected chi connectivity index (χ3v) is 5.08. The first-order valence-corrected chi connectivity index (χ1v) is 9.26. The molecule has 7 heteroatoms. The molecule has 0 aromatic heterocycles. The zero-order chi connectivity index (χ0) is 18.8. The van der Waals surface area contributed by atoms with E-state index in [1.54, 1.807) is 18.2 Å². The highest BCUT2D eigenvalue weighted by Gasteiger charge is 2.34. The van der Waals surface area contributed by atoms with Crippen molar-refractivity contribution in [1.82, 2.24) is 4.90 Å². The third-order valence-electron chi connectivity index (χ3n) is 4.17. The van der Waals surface area contributed by atoms with Crippen LogP contribution in [-0.2, 0) is 4.79 Å². The topological polar surface area (TPSA) is 65.1 Å². The lowest BCUT2D eigenvalue weighted by molar-refractivity contribution is -0.123. The average molecular weight is 383 g/mol. The van der Waals surface area contributed by atoms with Gasteiger partial charge in [-0.3, -0.25) is 14.5 Å². The smallest absolute Gasteiger partial charge is 0.293 e. The number of benzene rings is 2. The van der Waals surface area contributed by atoms with Crippen LogP contribution in [-0.4, -0.2) is 36.0 Å². The maximum absolute atomic E-state index is 12.5. The number of fused-ring (bicyclic) bond motifs is 1. The van der Waals surface area contributed by atoms with Crippen molar-refractivity contribution < 1.29 is 23.8 Å². The van der Waals surface area contributed by atoms with E-state index in [4.69, 9.17) is 14.2 Å². The van der Waals surface area contributed by atoms with Gasteiger partial charge in [-0.2, -0.15) is 0 Å². The van der Waals surface area contributed by atoms with Crippen molar-refractivity contribution in [2.24, 2.45) is 0 Å². The Kier molecular flexibility index (Phi) is 4.77. The van der Waals surface area contributed by atoms with Crippen molar-refractivity contribution >= 4 is 29.0 Å². The molecule has 0 radical (unpaired) electrons. The van der Waals surface area contributed by atoms with Gasteiger partial charge in [0.25, 0.3) is 11.1 Å². The minimum Gasteiger partial charge on any atom is -0.492 e. The molecule has 0 spiro atoms. The van der Waals surface area contributed by atoms with Gasteiger partial charge in [0.2, 0.25) is 6.79 Å². The number of nitrogens with zero attached hydrogens (tertiary/aromatic N) is 1. The Morgan fingerprint density at radius 1 is 1.11 bits per heavy atom. The number of hydrogen-bond acceptors (Lipinski definition) is 6. The van der Waals surface area contributed by atoms with Gasteiger partial charge in [0.15, 0.2) is 11.5 Å². The van der Waals surface area contributed by atoms with E-state index in [0.29, 0.717) is 22.2 Å². The summed E-state index contributed by atoms with van der Waals surface area (Å²) in [7, 11) is 0. The molecule has 2 aliphatic rings. The predicted octanol–water partition coefficient (Wildman–Crippen LogP) is 3.84. The fourth-order valence-corrected chi connectivity index (χ4v) is 3.60. The molecule has 1 fully saturated rings. The Bertz CT molecular complexity index is 922. The summed E-state index contributed by atoms with van der Waals surface area (Å²) in [6, 6.07) is 13.0. The van der Waals surface area contributed by atoms with Crippen molar-refractivity contribution in [2.45, 2.75) is 6.92 Å². The second-order valence-electron chi connectivity index (χ2n) is 6.11. The van der Waals surface area contributed by atoms with Crippen LogP contribution < -0.4 is 14.2 Å². The summed E-state index contributed by atoms with van der Waals surface area (Å²) in [6.45, 7) is 2.64. The second kappa shape index (κ2) is 7.36. The molecule has 2 aromatic carbocycles. The first-order valence-electron chi connectivity index (χ1n) is 8.45. The number of rotatable bonds is 5. The molecule has 138 valence electrons. The highest BCUT2D eigenvalue weighted by Crippen LogP contribution is 2.36. The average Bonchev–Trinajstić information content (AvgIpc) is 3.22. The Hall–Kier alpha value is -2.93. The fourth-order valence-electron chi connectivity index (χ4n) is 2.74. The zero-order valence-electron chi connectivity index (χ0n) is 14.6. The largest absolute Gasteiger partial charge is 0.492 e. The van der Waals surface area contributed by atoms with E-state index in [2.05, 4.69) is 0 Å². The minimum absolute atomic E-state index is 0.191. The molecule has 2 aromatic rings. The first-order chi connectivity index (χ1) is 13.1. The van der Waals surface area contributed by atoms with Gasteiger partial charge in [0, 0.05) is 0 Å². The number of imide groups is 1. The quantitative estimate of drug-likeness (QED) is 0.731. The lowest BCUT2D eigenvalue weighted by Crippen LogP contribution is -2.32. The van der Waals surface area contributed by atoms with Crippen LogP contribution in [0, 0.1) is 6.92 Å². The summed E-state index contributed by atoms with van der Waals surface area (Å²) in [4.78, 5) is 26.3. The summed E-state index contributed by atoms with van der Waals surface area (Å²) in [5, 5.41) is -0.292. The molecule has 4 rings (SSSR count). The highest BCUT2D eigenvalue weighted by molar-refractivity contribution is 8.18. The molecule has 1 saturated heterocycles. The summed E-state index contributed by atoms with van der Waals surface area (Å²) in [5.41, 5.74) is 1.92. The van der Waals surface area contributed by atoms with E-state index in [9.17, 15) is 9.59 Å².